The molecule has 1 N–H and O–H groups in total. The molecule has 7 heteroatoms. The van der Waals surface area contributed by atoms with Crippen LogP contribution in [0.25, 0.3) is 11.1 Å². The van der Waals surface area contributed by atoms with Gasteiger partial charge in [0.15, 0.2) is 11.6 Å². The normalized spacial score (nSPS) is 11.3. The molecule has 25 heavy (non-hydrogen) atoms. The van der Waals surface area contributed by atoms with Crippen molar-refractivity contribution in [1.29, 1.82) is 0 Å². The number of benzene rings is 3. The first kappa shape index (κ1) is 17.4. The van der Waals surface area contributed by atoms with Crippen molar-refractivity contribution < 1.29 is 17.2 Å². The Labute approximate surface area is 148 Å². The number of sulfonamides is 1. The highest BCUT2D eigenvalue weighted by atomic mass is 35.5. The van der Waals surface area contributed by atoms with Crippen LogP contribution in [0.4, 0.5) is 14.5 Å². The third-order valence-corrected chi connectivity index (χ3v) is 5.15. The van der Waals surface area contributed by atoms with Crippen LogP contribution in [-0.2, 0) is 10.0 Å². The van der Waals surface area contributed by atoms with Gasteiger partial charge in [0.25, 0.3) is 10.0 Å². The lowest BCUT2D eigenvalue weighted by Gasteiger charge is -2.14. The minimum atomic E-state index is -3.95. The van der Waals surface area contributed by atoms with Gasteiger partial charge in [-0.1, -0.05) is 41.9 Å². The SMILES string of the molecule is O=S(=O)(Nc1cc(F)c(F)cc1-c1ccc(Cl)cc1)c1ccccc1. The lowest BCUT2D eigenvalue weighted by atomic mass is 10.0. The molecule has 3 rings (SSSR count). The van der Waals surface area contributed by atoms with Crippen LogP contribution in [0.5, 0.6) is 0 Å². The van der Waals surface area contributed by atoms with E-state index in [4.69, 9.17) is 11.6 Å². The number of nitrogens with one attached hydrogen (secondary N) is 1. The van der Waals surface area contributed by atoms with Crippen molar-refractivity contribution in [2.75, 3.05) is 4.72 Å². The summed E-state index contributed by atoms with van der Waals surface area (Å²) in [5.74, 6) is -2.23. The summed E-state index contributed by atoms with van der Waals surface area (Å²) in [5.41, 5.74) is 0.634. The third-order valence-electron chi connectivity index (χ3n) is 3.51. The van der Waals surface area contributed by atoms with Crippen LogP contribution in [0, 0.1) is 11.6 Å². The standard InChI is InChI=1S/C18H12ClF2NO2S/c19-13-8-6-12(7-9-13)15-10-16(20)17(21)11-18(15)22-25(23,24)14-4-2-1-3-5-14/h1-11,22H. The molecule has 3 nitrogen and oxygen atoms in total. The zero-order valence-electron chi connectivity index (χ0n) is 12.7. The Hall–Kier alpha value is -2.44. The number of halogens is 3. The molecule has 0 aliphatic heterocycles. The van der Waals surface area contributed by atoms with Gasteiger partial charge in [-0.25, -0.2) is 17.2 Å². The van der Waals surface area contributed by atoms with Gasteiger partial charge in [-0.05, 0) is 35.9 Å². The Morgan fingerprint density at radius 3 is 2.08 bits per heavy atom. The third kappa shape index (κ3) is 3.81. The number of anilines is 1. The van der Waals surface area contributed by atoms with Crippen molar-refractivity contribution >= 4 is 27.3 Å². The van der Waals surface area contributed by atoms with E-state index in [2.05, 4.69) is 4.72 Å². The highest BCUT2D eigenvalue weighted by Gasteiger charge is 2.18. The van der Waals surface area contributed by atoms with E-state index in [1.54, 1.807) is 42.5 Å². The molecule has 0 atom stereocenters. The van der Waals surface area contributed by atoms with Gasteiger partial charge < -0.3 is 0 Å². The Morgan fingerprint density at radius 2 is 1.44 bits per heavy atom. The molecule has 0 saturated carbocycles. The first-order chi connectivity index (χ1) is 11.9. The lowest BCUT2D eigenvalue weighted by molar-refractivity contribution is 0.509. The molecule has 0 bridgehead atoms. The van der Waals surface area contributed by atoms with Gasteiger partial charge in [0.1, 0.15) is 0 Å². The van der Waals surface area contributed by atoms with Crippen molar-refractivity contribution in [3.63, 3.8) is 0 Å². The van der Waals surface area contributed by atoms with E-state index < -0.39 is 21.7 Å². The molecule has 0 aromatic heterocycles. The Morgan fingerprint density at radius 1 is 0.840 bits per heavy atom. The minimum Gasteiger partial charge on any atom is -0.279 e. The topological polar surface area (TPSA) is 46.2 Å². The van der Waals surface area contributed by atoms with E-state index in [0.29, 0.717) is 10.6 Å². The predicted octanol–water partition coefficient (Wildman–Crippen LogP) is 5.09. The van der Waals surface area contributed by atoms with Crippen LogP contribution in [-0.4, -0.2) is 8.42 Å². The molecule has 0 fully saturated rings. The van der Waals surface area contributed by atoms with E-state index in [9.17, 15) is 17.2 Å². The van der Waals surface area contributed by atoms with Gasteiger partial charge in [0.2, 0.25) is 0 Å². The number of hydrogen-bond donors (Lipinski definition) is 1. The fourth-order valence-corrected chi connectivity index (χ4v) is 3.52. The summed E-state index contributed by atoms with van der Waals surface area (Å²) in [6, 6.07) is 15.7. The first-order valence-electron chi connectivity index (χ1n) is 7.20. The average molecular weight is 380 g/mol. The molecule has 128 valence electrons. The van der Waals surface area contributed by atoms with Crippen molar-refractivity contribution in [2.45, 2.75) is 4.90 Å². The van der Waals surface area contributed by atoms with Gasteiger partial charge in [-0.15, -0.1) is 0 Å². The summed E-state index contributed by atoms with van der Waals surface area (Å²) in [6.45, 7) is 0. The van der Waals surface area contributed by atoms with Gasteiger partial charge in [-0.2, -0.15) is 0 Å². The van der Waals surface area contributed by atoms with Crippen molar-refractivity contribution in [3.05, 3.63) is 83.4 Å². The molecule has 0 aliphatic carbocycles. The second-order valence-electron chi connectivity index (χ2n) is 5.24. The van der Waals surface area contributed by atoms with Crippen LogP contribution in [0.1, 0.15) is 0 Å². The van der Waals surface area contributed by atoms with Gasteiger partial charge in [0.05, 0.1) is 10.6 Å². The fraction of sp³-hybridized carbons (Fsp3) is 0. The van der Waals surface area contributed by atoms with Gasteiger partial charge >= 0.3 is 0 Å². The zero-order chi connectivity index (χ0) is 18.0. The van der Waals surface area contributed by atoms with Crippen LogP contribution in [0.3, 0.4) is 0 Å². The summed E-state index contributed by atoms with van der Waals surface area (Å²) < 4.78 is 54.7. The van der Waals surface area contributed by atoms with Crippen LogP contribution < -0.4 is 4.72 Å². The maximum atomic E-state index is 13.7. The van der Waals surface area contributed by atoms with Gasteiger partial charge in [-0.3, -0.25) is 4.72 Å². The van der Waals surface area contributed by atoms with E-state index >= 15 is 0 Å². The minimum absolute atomic E-state index is 0.0155. The summed E-state index contributed by atoms with van der Waals surface area (Å²) in [5, 5.41) is 0.470. The van der Waals surface area contributed by atoms with Crippen LogP contribution in [0.15, 0.2) is 71.6 Å². The Balaban J connectivity index is 2.09. The Kier molecular flexibility index (Phi) is 4.74. The average Bonchev–Trinajstić information content (AvgIpc) is 2.59. The Bertz CT molecular complexity index is 1010. The van der Waals surface area contributed by atoms with Gasteiger partial charge in [0, 0.05) is 16.7 Å². The molecular weight excluding hydrogens is 368 g/mol. The molecule has 0 heterocycles. The van der Waals surface area contributed by atoms with Crippen LogP contribution >= 0.6 is 11.6 Å². The summed E-state index contributed by atoms with van der Waals surface area (Å²) >= 11 is 5.84. The molecule has 0 spiro atoms. The maximum absolute atomic E-state index is 13.7. The summed E-state index contributed by atoms with van der Waals surface area (Å²) in [7, 11) is -3.95. The van der Waals surface area contributed by atoms with E-state index in [1.165, 1.54) is 12.1 Å². The van der Waals surface area contributed by atoms with E-state index in [-0.39, 0.29) is 16.1 Å². The molecule has 3 aromatic rings. The fourth-order valence-electron chi connectivity index (χ4n) is 2.30. The zero-order valence-corrected chi connectivity index (χ0v) is 14.3. The largest absolute Gasteiger partial charge is 0.279 e. The number of rotatable bonds is 4. The van der Waals surface area contributed by atoms with Crippen molar-refractivity contribution in [2.24, 2.45) is 0 Å². The molecule has 3 aromatic carbocycles. The van der Waals surface area contributed by atoms with Crippen LogP contribution in [0.2, 0.25) is 5.02 Å². The maximum Gasteiger partial charge on any atom is 0.261 e. The highest BCUT2D eigenvalue weighted by Crippen LogP contribution is 2.32. The second kappa shape index (κ2) is 6.82. The molecule has 0 amide bonds. The van der Waals surface area contributed by atoms with E-state index in [1.807, 2.05) is 0 Å². The smallest absolute Gasteiger partial charge is 0.261 e. The quantitative estimate of drug-likeness (QED) is 0.686. The molecular formula is C18H12ClF2NO2S. The van der Waals surface area contributed by atoms with Crippen molar-refractivity contribution in [3.8, 4) is 11.1 Å². The number of hydrogen-bond acceptors (Lipinski definition) is 2. The van der Waals surface area contributed by atoms with E-state index in [0.717, 1.165) is 12.1 Å². The summed E-state index contributed by atoms with van der Waals surface area (Å²) in [4.78, 5) is 0.0155. The highest BCUT2D eigenvalue weighted by molar-refractivity contribution is 7.92. The molecule has 0 radical (unpaired) electrons. The summed E-state index contributed by atoms with van der Waals surface area (Å²) in [6.07, 6.45) is 0. The predicted molar refractivity (Wildman–Crippen MR) is 94.1 cm³/mol. The van der Waals surface area contributed by atoms with Crippen molar-refractivity contribution in [1.82, 2.24) is 0 Å². The molecule has 0 saturated heterocycles. The second-order valence-corrected chi connectivity index (χ2v) is 7.36. The molecule has 0 unspecified atom stereocenters. The lowest BCUT2D eigenvalue weighted by Crippen LogP contribution is -2.14. The first-order valence-corrected chi connectivity index (χ1v) is 9.06. The molecule has 0 aliphatic rings. The monoisotopic (exact) mass is 379 g/mol.